The van der Waals surface area contributed by atoms with E-state index in [1.807, 2.05) is 12.1 Å². The molecule has 1 unspecified atom stereocenters. The Morgan fingerprint density at radius 2 is 2.19 bits per heavy atom. The van der Waals surface area contributed by atoms with Crippen LogP contribution in [-0.4, -0.2) is 6.54 Å². The molecule has 2 rings (SSSR count). The van der Waals surface area contributed by atoms with Crippen molar-refractivity contribution in [1.82, 2.24) is 5.32 Å². The quantitative estimate of drug-likeness (QED) is 0.877. The van der Waals surface area contributed by atoms with Crippen LogP contribution in [0.1, 0.15) is 25.8 Å². The van der Waals surface area contributed by atoms with E-state index in [1.54, 1.807) is 0 Å². The summed E-state index contributed by atoms with van der Waals surface area (Å²) in [6, 6.07) is 6.11. The van der Waals surface area contributed by atoms with Crippen molar-refractivity contribution in [1.29, 1.82) is 0 Å². The van der Waals surface area contributed by atoms with E-state index in [0.717, 1.165) is 28.5 Å². The first-order valence-corrected chi connectivity index (χ1v) is 6.81. The Labute approximate surface area is 111 Å². The van der Waals surface area contributed by atoms with Crippen molar-refractivity contribution in [3.05, 3.63) is 33.3 Å². The van der Waals surface area contributed by atoms with Crippen LogP contribution in [0.15, 0.2) is 22.7 Å². The van der Waals surface area contributed by atoms with Crippen molar-refractivity contribution in [2.45, 2.75) is 26.8 Å². The van der Waals surface area contributed by atoms with Gasteiger partial charge in [-0.25, -0.2) is 0 Å². The average Bonchev–Trinajstić information content (AvgIpc) is 2.80. The number of nitrogens with one attached hydrogen (secondary N) is 1. The summed E-state index contributed by atoms with van der Waals surface area (Å²) in [5.74, 6) is 0.846. The molecule has 0 bridgehead atoms. The summed E-state index contributed by atoms with van der Waals surface area (Å²) in [6.45, 7) is 6.67. The van der Waals surface area contributed by atoms with Gasteiger partial charge in [0.2, 0.25) is 0 Å². The summed E-state index contributed by atoms with van der Waals surface area (Å²) in [5, 5.41) is 4.28. The Balaban J connectivity index is 1.79. The summed E-state index contributed by atoms with van der Waals surface area (Å²) in [7, 11) is 0. The molecule has 0 aromatic heterocycles. The molecule has 16 heavy (non-hydrogen) atoms. The Hall–Kier alpha value is -0.0500. The Kier molecular flexibility index (Phi) is 3.62. The van der Waals surface area contributed by atoms with Gasteiger partial charge >= 0.3 is 0 Å². The first kappa shape index (κ1) is 12.4. The SMILES string of the molecule is CC1(C)CC1CNCc1ccc(Br)c(Cl)c1. The molecule has 1 atom stereocenters. The van der Waals surface area contributed by atoms with Crippen LogP contribution in [0.2, 0.25) is 5.02 Å². The van der Waals surface area contributed by atoms with Gasteiger partial charge in [0.15, 0.2) is 0 Å². The molecule has 1 saturated carbocycles. The largest absolute Gasteiger partial charge is 0.312 e. The standard InChI is InChI=1S/C13H17BrClN/c1-13(2)6-10(13)8-16-7-9-3-4-11(14)12(15)5-9/h3-5,10,16H,6-8H2,1-2H3. The molecular weight excluding hydrogens is 286 g/mol. The fourth-order valence-corrected chi connectivity index (χ4v) is 2.41. The van der Waals surface area contributed by atoms with Gasteiger partial charge in [0.1, 0.15) is 0 Å². The topological polar surface area (TPSA) is 12.0 Å². The van der Waals surface area contributed by atoms with E-state index in [1.165, 1.54) is 12.0 Å². The van der Waals surface area contributed by atoms with Crippen LogP contribution < -0.4 is 5.32 Å². The minimum Gasteiger partial charge on any atom is -0.312 e. The molecule has 3 heteroatoms. The van der Waals surface area contributed by atoms with E-state index in [0.29, 0.717) is 5.41 Å². The van der Waals surface area contributed by atoms with Crippen molar-refractivity contribution >= 4 is 27.5 Å². The smallest absolute Gasteiger partial charge is 0.0551 e. The number of benzene rings is 1. The Bertz CT molecular complexity index is 390. The van der Waals surface area contributed by atoms with Gasteiger partial charge in [-0.15, -0.1) is 0 Å². The van der Waals surface area contributed by atoms with Crippen LogP contribution in [0, 0.1) is 11.3 Å². The maximum atomic E-state index is 6.04. The molecule has 1 aliphatic carbocycles. The summed E-state index contributed by atoms with van der Waals surface area (Å²) in [6.07, 6.45) is 1.35. The highest BCUT2D eigenvalue weighted by atomic mass is 79.9. The lowest BCUT2D eigenvalue weighted by atomic mass is 10.1. The molecule has 1 aromatic rings. The van der Waals surface area contributed by atoms with E-state index in [-0.39, 0.29) is 0 Å². The second kappa shape index (κ2) is 4.67. The third kappa shape index (κ3) is 2.99. The van der Waals surface area contributed by atoms with Gasteiger partial charge in [0.05, 0.1) is 5.02 Å². The summed E-state index contributed by atoms with van der Waals surface area (Å²) in [5.41, 5.74) is 1.80. The van der Waals surface area contributed by atoms with Gasteiger partial charge in [-0.2, -0.15) is 0 Å². The van der Waals surface area contributed by atoms with Gasteiger partial charge in [0.25, 0.3) is 0 Å². The Morgan fingerprint density at radius 3 is 2.75 bits per heavy atom. The zero-order valence-corrected chi connectivity index (χ0v) is 12.0. The zero-order chi connectivity index (χ0) is 11.8. The van der Waals surface area contributed by atoms with Gasteiger partial charge in [0, 0.05) is 11.0 Å². The van der Waals surface area contributed by atoms with Crippen molar-refractivity contribution in [3.8, 4) is 0 Å². The molecule has 1 nitrogen and oxygen atoms in total. The van der Waals surface area contributed by atoms with E-state index >= 15 is 0 Å². The maximum Gasteiger partial charge on any atom is 0.0551 e. The summed E-state index contributed by atoms with van der Waals surface area (Å²) >= 11 is 9.43. The summed E-state index contributed by atoms with van der Waals surface area (Å²) < 4.78 is 0.959. The first-order chi connectivity index (χ1) is 7.49. The highest BCUT2D eigenvalue weighted by molar-refractivity contribution is 9.10. The zero-order valence-electron chi connectivity index (χ0n) is 9.69. The van der Waals surface area contributed by atoms with Gasteiger partial charge in [-0.3, -0.25) is 0 Å². The lowest BCUT2D eigenvalue weighted by Gasteiger charge is -2.07. The van der Waals surface area contributed by atoms with Crippen LogP contribution in [0.3, 0.4) is 0 Å². The molecule has 0 radical (unpaired) electrons. The second-order valence-corrected chi connectivity index (χ2v) is 6.53. The minimum atomic E-state index is 0.560. The molecule has 1 N–H and O–H groups in total. The van der Waals surface area contributed by atoms with Crippen LogP contribution >= 0.6 is 27.5 Å². The number of halogens is 2. The van der Waals surface area contributed by atoms with Crippen LogP contribution in [-0.2, 0) is 6.54 Å². The molecular formula is C13H17BrClN. The molecule has 0 aliphatic heterocycles. The van der Waals surface area contributed by atoms with E-state index in [9.17, 15) is 0 Å². The third-order valence-corrected chi connectivity index (χ3v) is 4.65. The lowest BCUT2D eigenvalue weighted by Crippen LogP contribution is -2.18. The van der Waals surface area contributed by atoms with Gasteiger partial charge in [-0.1, -0.05) is 31.5 Å². The highest BCUT2D eigenvalue weighted by Gasteiger charge is 2.44. The van der Waals surface area contributed by atoms with Crippen LogP contribution in [0.25, 0.3) is 0 Å². The molecule has 88 valence electrons. The van der Waals surface area contributed by atoms with Crippen molar-refractivity contribution in [3.63, 3.8) is 0 Å². The molecule has 1 aliphatic rings. The first-order valence-electron chi connectivity index (χ1n) is 5.64. The lowest BCUT2D eigenvalue weighted by molar-refractivity contribution is 0.519. The fourth-order valence-electron chi connectivity index (χ4n) is 1.96. The normalized spacial score (nSPS) is 22.1. The molecule has 0 spiro atoms. The average molecular weight is 303 g/mol. The summed E-state index contributed by atoms with van der Waals surface area (Å²) in [4.78, 5) is 0. The number of rotatable bonds is 4. The maximum absolute atomic E-state index is 6.04. The van der Waals surface area contributed by atoms with Gasteiger partial charge in [-0.05, 0) is 57.9 Å². The van der Waals surface area contributed by atoms with E-state index in [2.05, 4.69) is 41.2 Å². The molecule has 0 saturated heterocycles. The van der Waals surface area contributed by atoms with Crippen LogP contribution in [0.5, 0.6) is 0 Å². The molecule has 1 fully saturated rings. The third-order valence-electron chi connectivity index (χ3n) is 3.42. The van der Waals surface area contributed by atoms with Gasteiger partial charge < -0.3 is 5.32 Å². The van der Waals surface area contributed by atoms with E-state index < -0.39 is 0 Å². The number of hydrogen-bond acceptors (Lipinski definition) is 1. The minimum absolute atomic E-state index is 0.560. The van der Waals surface area contributed by atoms with Crippen LogP contribution in [0.4, 0.5) is 0 Å². The second-order valence-electron chi connectivity index (χ2n) is 5.27. The molecule has 0 heterocycles. The predicted molar refractivity (Wildman–Crippen MR) is 72.7 cm³/mol. The number of hydrogen-bond donors (Lipinski definition) is 1. The Morgan fingerprint density at radius 1 is 1.50 bits per heavy atom. The van der Waals surface area contributed by atoms with E-state index in [4.69, 9.17) is 11.6 Å². The molecule has 1 aromatic carbocycles. The molecule has 0 amide bonds. The van der Waals surface area contributed by atoms with Crippen molar-refractivity contribution < 1.29 is 0 Å². The van der Waals surface area contributed by atoms with Crippen molar-refractivity contribution in [2.24, 2.45) is 11.3 Å². The monoisotopic (exact) mass is 301 g/mol. The van der Waals surface area contributed by atoms with Crippen molar-refractivity contribution in [2.75, 3.05) is 6.54 Å². The highest BCUT2D eigenvalue weighted by Crippen LogP contribution is 2.50. The predicted octanol–water partition coefficient (Wildman–Crippen LogP) is 4.24. The fraction of sp³-hybridized carbons (Fsp3) is 0.538.